The van der Waals surface area contributed by atoms with Gasteiger partial charge in [-0.2, -0.15) is 5.10 Å². The summed E-state index contributed by atoms with van der Waals surface area (Å²) in [5, 5.41) is 20.4. The number of carbonyl (C=O) groups excluding carboxylic acids is 2. The molecule has 2 aliphatic rings. The summed E-state index contributed by atoms with van der Waals surface area (Å²) >= 11 is 0. The number of nitrogens with one attached hydrogen (secondary N) is 4. The maximum Gasteiger partial charge on any atom is 0.252 e. The van der Waals surface area contributed by atoms with E-state index in [1.54, 1.807) is 18.2 Å². The Morgan fingerprint density at radius 3 is 2.34 bits per heavy atom. The van der Waals surface area contributed by atoms with Crippen LogP contribution in [0.3, 0.4) is 0 Å². The Labute approximate surface area is 344 Å². The van der Waals surface area contributed by atoms with Crippen molar-refractivity contribution in [2.45, 2.75) is 78.3 Å². The first-order valence-corrected chi connectivity index (χ1v) is 20.9. The van der Waals surface area contributed by atoms with Gasteiger partial charge in [-0.1, -0.05) is 55.5 Å². The number of piperazine rings is 1. The maximum atomic E-state index is 15.3. The molecule has 4 aromatic carbocycles. The molecule has 59 heavy (non-hydrogen) atoms. The van der Waals surface area contributed by atoms with E-state index >= 15 is 4.39 Å². The number of nitrogens with zero attached hydrogens (tertiary/aromatic N) is 4. The summed E-state index contributed by atoms with van der Waals surface area (Å²) in [6, 6.07) is 24.6. The van der Waals surface area contributed by atoms with Crippen LogP contribution in [0.4, 0.5) is 10.1 Å². The van der Waals surface area contributed by atoms with Crippen molar-refractivity contribution in [3.05, 3.63) is 124 Å². The summed E-state index contributed by atoms with van der Waals surface area (Å²) in [6.45, 7) is 12.6. The number of aryl methyl sites for hydroxylation is 2. The van der Waals surface area contributed by atoms with Gasteiger partial charge in [0, 0.05) is 99.1 Å². The minimum atomic E-state index is -0.310. The van der Waals surface area contributed by atoms with Crippen molar-refractivity contribution in [1.29, 1.82) is 0 Å². The summed E-state index contributed by atoms with van der Waals surface area (Å²) in [7, 11) is 0. The molecule has 1 atom stereocenters. The summed E-state index contributed by atoms with van der Waals surface area (Å²) in [6.07, 6.45) is 4.33. The van der Waals surface area contributed by atoms with Crippen molar-refractivity contribution in [2.75, 3.05) is 38.2 Å². The van der Waals surface area contributed by atoms with Crippen molar-refractivity contribution in [3.63, 3.8) is 0 Å². The van der Waals surface area contributed by atoms with E-state index in [2.05, 4.69) is 64.2 Å². The molecule has 4 N–H and O–H groups in total. The number of aromatic nitrogens is 3. The van der Waals surface area contributed by atoms with Crippen molar-refractivity contribution >= 4 is 39.3 Å². The number of benzene rings is 4. The van der Waals surface area contributed by atoms with Gasteiger partial charge in [0.1, 0.15) is 5.82 Å². The topological polar surface area (TPSA) is 125 Å². The highest BCUT2D eigenvalue weighted by molar-refractivity contribution is 6.14. The normalized spacial score (nSPS) is 16.4. The smallest absolute Gasteiger partial charge is 0.252 e. The Hall–Kier alpha value is -5.69. The molecule has 12 heteroatoms. The van der Waals surface area contributed by atoms with Gasteiger partial charge in [-0.15, -0.1) is 0 Å². The molecule has 8 rings (SSSR count). The Morgan fingerprint density at radius 1 is 0.881 bits per heavy atom. The van der Waals surface area contributed by atoms with Crippen molar-refractivity contribution < 1.29 is 18.7 Å². The fourth-order valence-corrected chi connectivity index (χ4v) is 8.49. The number of carbonyl (C=O) groups is 2. The van der Waals surface area contributed by atoms with Crippen LogP contribution in [-0.2, 0) is 37.3 Å². The van der Waals surface area contributed by atoms with Gasteiger partial charge in [0.15, 0.2) is 5.65 Å². The highest BCUT2D eigenvalue weighted by Crippen LogP contribution is 2.32. The second kappa shape index (κ2) is 18.1. The Morgan fingerprint density at radius 2 is 1.63 bits per heavy atom. The lowest BCUT2D eigenvalue weighted by Crippen LogP contribution is -2.48. The van der Waals surface area contributed by atoms with Gasteiger partial charge in [0.05, 0.1) is 17.3 Å². The molecular formula is C47H53FN8O3. The van der Waals surface area contributed by atoms with Crippen molar-refractivity contribution in [3.8, 4) is 11.1 Å². The van der Waals surface area contributed by atoms with E-state index in [1.807, 2.05) is 53.3 Å². The largest absolute Gasteiger partial charge is 0.381 e. The second-order valence-electron chi connectivity index (χ2n) is 15.7. The van der Waals surface area contributed by atoms with E-state index in [9.17, 15) is 9.59 Å². The van der Waals surface area contributed by atoms with Crippen molar-refractivity contribution in [1.82, 2.24) is 35.6 Å². The molecule has 2 amide bonds. The highest BCUT2D eigenvalue weighted by Gasteiger charge is 2.23. The summed E-state index contributed by atoms with van der Waals surface area (Å²) in [4.78, 5) is 35.2. The Balaban J connectivity index is 0.985. The molecule has 0 bridgehead atoms. The monoisotopic (exact) mass is 796 g/mol. The van der Waals surface area contributed by atoms with Crippen LogP contribution in [0.25, 0.3) is 32.9 Å². The van der Waals surface area contributed by atoms with E-state index in [0.29, 0.717) is 59.7 Å². The number of pyridine rings is 1. The molecule has 0 spiro atoms. The third-order valence-corrected chi connectivity index (χ3v) is 11.6. The van der Waals surface area contributed by atoms with Crippen LogP contribution in [0.15, 0.2) is 85.1 Å². The van der Waals surface area contributed by atoms with Crippen LogP contribution in [0.5, 0.6) is 0 Å². The molecule has 0 radical (unpaired) electrons. The maximum absolute atomic E-state index is 15.3. The first-order valence-electron chi connectivity index (χ1n) is 20.9. The number of anilines is 1. The predicted molar refractivity (Wildman–Crippen MR) is 231 cm³/mol. The minimum Gasteiger partial charge on any atom is -0.381 e. The third-order valence-electron chi connectivity index (χ3n) is 11.6. The number of ether oxygens (including phenoxy) is 1. The quantitative estimate of drug-likeness (QED) is 0.0967. The molecule has 0 saturated carbocycles. The van der Waals surface area contributed by atoms with Crippen LogP contribution in [0.2, 0.25) is 0 Å². The van der Waals surface area contributed by atoms with E-state index in [4.69, 9.17) is 9.72 Å². The fourth-order valence-electron chi connectivity index (χ4n) is 8.49. The standard InChI is InChI=1S/C47H53FN8O3/c1-4-43-40(44(53-34-17-21-59-22-18-34)41-27-52-56(5-2)45(41)54-43)26-51-47(58)38-15-14-37(35-11-6-7-12-36(35)38)46(57)50-25-31-13-16-42(48)39(24-31)33-10-8-9-32(23-33)29-55-20-19-49-30(3)28-55/h6-16,23-24,27,30,34,49H,4-5,17-22,25-26,28-29H2,1-3H3,(H,50,57)(H,51,58)(H,53,54)/t30-/m0/s1. The predicted octanol–water partition coefficient (Wildman–Crippen LogP) is 7.22. The van der Waals surface area contributed by atoms with Crippen molar-refractivity contribution in [2.24, 2.45) is 0 Å². The molecule has 2 aliphatic heterocycles. The minimum absolute atomic E-state index is 0.209. The number of amides is 2. The SMILES string of the molecule is CCc1nc2c(cnn2CC)c(NC2CCOCC2)c1CNC(=O)c1ccc(C(=O)NCc2ccc(F)c(-c3cccc(CN4CCN[C@@H](C)C4)c3)c2)c2ccccc12. The molecule has 2 saturated heterocycles. The first kappa shape index (κ1) is 40.1. The first-order chi connectivity index (χ1) is 28.8. The van der Waals surface area contributed by atoms with Crippen LogP contribution in [0.1, 0.15) is 76.7 Å². The molecule has 4 heterocycles. The van der Waals surface area contributed by atoms with E-state index < -0.39 is 0 Å². The van der Waals surface area contributed by atoms with Crippen LogP contribution >= 0.6 is 0 Å². The zero-order valence-corrected chi connectivity index (χ0v) is 34.1. The molecule has 0 aliphatic carbocycles. The number of hydrogen-bond donors (Lipinski definition) is 4. The van der Waals surface area contributed by atoms with E-state index in [0.717, 1.165) is 83.7 Å². The number of rotatable bonds is 13. The average molecular weight is 797 g/mol. The van der Waals surface area contributed by atoms with Gasteiger partial charge in [-0.25, -0.2) is 14.1 Å². The molecule has 2 fully saturated rings. The van der Waals surface area contributed by atoms with Gasteiger partial charge in [0.2, 0.25) is 0 Å². The van der Waals surface area contributed by atoms with Crippen LogP contribution < -0.4 is 21.3 Å². The van der Waals surface area contributed by atoms with E-state index in [1.165, 1.54) is 6.07 Å². The van der Waals surface area contributed by atoms with Gasteiger partial charge in [-0.3, -0.25) is 14.5 Å². The molecule has 0 unspecified atom stereocenters. The molecule has 11 nitrogen and oxygen atoms in total. The fraction of sp³-hybridized carbons (Fsp3) is 0.362. The lowest BCUT2D eigenvalue weighted by atomic mass is 9.98. The molecule has 6 aromatic rings. The van der Waals surface area contributed by atoms with Gasteiger partial charge < -0.3 is 26.0 Å². The zero-order chi connectivity index (χ0) is 40.9. The molecule has 2 aromatic heterocycles. The second-order valence-corrected chi connectivity index (χ2v) is 15.7. The van der Waals surface area contributed by atoms with E-state index in [-0.39, 0.29) is 36.8 Å². The Kier molecular flexibility index (Phi) is 12.3. The summed E-state index contributed by atoms with van der Waals surface area (Å²) in [5.74, 6) is -0.841. The lowest BCUT2D eigenvalue weighted by Gasteiger charge is -2.31. The lowest BCUT2D eigenvalue weighted by molar-refractivity contribution is 0.0904. The van der Waals surface area contributed by atoms with Crippen LogP contribution in [-0.4, -0.2) is 76.4 Å². The number of hydrogen-bond acceptors (Lipinski definition) is 8. The number of fused-ring (bicyclic) bond motifs is 2. The highest BCUT2D eigenvalue weighted by atomic mass is 19.1. The van der Waals surface area contributed by atoms with Gasteiger partial charge in [0.25, 0.3) is 11.8 Å². The molecule has 306 valence electrons. The Bertz CT molecular complexity index is 2480. The molecular weight excluding hydrogens is 744 g/mol. The summed E-state index contributed by atoms with van der Waals surface area (Å²) in [5.41, 5.74) is 7.77. The third kappa shape index (κ3) is 8.85. The van der Waals surface area contributed by atoms with Crippen LogP contribution in [0, 0.1) is 5.82 Å². The summed E-state index contributed by atoms with van der Waals surface area (Å²) < 4.78 is 22.8. The van der Waals surface area contributed by atoms with Gasteiger partial charge in [-0.05, 0) is 90.9 Å². The van der Waals surface area contributed by atoms with Gasteiger partial charge >= 0.3 is 0 Å². The zero-order valence-electron chi connectivity index (χ0n) is 34.1. The number of halogens is 1. The average Bonchev–Trinajstić information content (AvgIpc) is 3.68.